The van der Waals surface area contributed by atoms with Gasteiger partial charge in [-0.3, -0.25) is 0 Å². The third-order valence-electron chi connectivity index (χ3n) is 10.2. The molecule has 0 amide bonds. The Hall–Kier alpha value is -6.58. The Bertz CT molecular complexity index is 2500. The first-order chi connectivity index (χ1) is 24.8. The predicted molar refractivity (Wildman–Crippen MR) is 203 cm³/mol. The van der Waals surface area contributed by atoms with Gasteiger partial charge in [-0.1, -0.05) is 133 Å². The van der Waals surface area contributed by atoms with Crippen LogP contribution in [-0.4, -0.2) is 0 Å². The van der Waals surface area contributed by atoms with Crippen LogP contribution in [-0.2, 0) is 5.41 Å². The maximum atomic E-state index is 6.65. The van der Waals surface area contributed by atoms with E-state index in [0.29, 0.717) is 11.5 Å². The molecule has 0 unspecified atom stereocenters. The molecule has 1 aliphatic carbocycles. The van der Waals surface area contributed by atoms with Crippen LogP contribution in [0.1, 0.15) is 22.3 Å². The van der Waals surface area contributed by atoms with Crippen LogP contribution in [0.5, 0.6) is 23.0 Å². The van der Waals surface area contributed by atoms with Crippen LogP contribution >= 0.6 is 0 Å². The number of hydrogen-bond donors (Lipinski definition) is 0. The predicted octanol–water partition coefficient (Wildman–Crippen LogP) is 12.6. The van der Waals surface area contributed by atoms with Crippen molar-refractivity contribution in [2.24, 2.45) is 0 Å². The molecule has 3 heteroatoms. The number of rotatable bonds is 5. The second-order valence-corrected chi connectivity index (χ2v) is 12.9. The number of anilines is 3. The molecular formula is C47H31NO2. The van der Waals surface area contributed by atoms with Crippen molar-refractivity contribution >= 4 is 27.8 Å². The molecule has 50 heavy (non-hydrogen) atoms. The van der Waals surface area contributed by atoms with Crippen LogP contribution in [0, 0.1) is 0 Å². The molecule has 0 bridgehead atoms. The molecule has 8 aromatic carbocycles. The molecule has 0 aromatic heterocycles. The van der Waals surface area contributed by atoms with Gasteiger partial charge in [0.1, 0.15) is 11.5 Å². The fourth-order valence-corrected chi connectivity index (χ4v) is 8.08. The molecule has 0 spiro atoms. The normalized spacial score (nSPS) is 13.3. The van der Waals surface area contributed by atoms with E-state index in [-0.39, 0.29) is 0 Å². The van der Waals surface area contributed by atoms with Crippen molar-refractivity contribution < 1.29 is 9.47 Å². The van der Waals surface area contributed by atoms with Gasteiger partial charge in [0.05, 0.1) is 16.5 Å². The lowest BCUT2D eigenvalue weighted by Crippen LogP contribution is -2.28. The monoisotopic (exact) mass is 641 g/mol. The third-order valence-corrected chi connectivity index (χ3v) is 10.2. The summed E-state index contributed by atoms with van der Waals surface area (Å²) >= 11 is 0. The van der Waals surface area contributed by atoms with Gasteiger partial charge in [-0.05, 0) is 87.3 Å². The Morgan fingerprint density at radius 1 is 0.360 bits per heavy atom. The summed E-state index contributed by atoms with van der Waals surface area (Å²) in [5, 5.41) is 2.06. The molecular weight excluding hydrogens is 611 g/mol. The third kappa shape index (κ3) is 4.23. The van der Waals surface area contributed by atoms with E-state index in [2.05, 4.69) is 163 Å². The average Bonchev–Trinajstić information content (AvgIpc) is 3.37. The molecule has 1 heterocycles. The average molecular weight is 642 g/mol. The molecule has 10 rings (SSSR count). The zero-order valence-corrected chi connectivity index (χ0v) is 27.2. The zero-order chi connectivity index (χ0) is 33.1. The van der Waals surface area contributed by atoms with Crippen molar-refractivity contribution in [2.75, 3.05) is 4.90 Å². The quantitative estimate of drug-likeness (QED) is 0.187. The number of fused-ring (bicyclic) bond motifs is 4. The summed E-state index contributed by atoms with van der Waals surface area (Å²) in [5.74, 6) is 2.93. The molecule has 1 aliphatic heterocycles. The fraction of sp³-hybridized carbons (Fsp3) is 0.0213. The lowest BCUT2D eigenvalue weighted by molar-refractivity contribution is 0.439. The molecule has 0 saturated carbocycles. The van der Waals surface area contributed by atoms with E-state index in [4.69, 9.17) is 9.47 Å². The molecule has 0 atom stereocenters. The van der Waals surface area contributed by atoms with Crippen LogP contribution in [0.3, 0.4) is 0 Å². The highest BCUT2D eigenvalue weighted by Gasteiger charge is 2.46. The highest BCUT2D eigenvalue weighted by atomic mass is 16.5. The highest BCUT2D eigenvalue weighted by molar-refractivity contribution is 5.95. The number of benzene rings is 8. The summed E-state index contributed by atoms with van der Waals surface area (Å²) < 4.78 is 13.1. The van der Waals surface area contributed by atoms with E-state index >= 15 is 0 Å². The smallest absolute Gasteiger partial charge is 0.172 e. The molecule has 0 N–H and O–H groups in total. The lowest BCUT2D eigenvalue weighted by Gasteiger charge is -2.35. The van der Waals surface area contributed by atoms with Crippen LogP contribution in [0.2, 0.25) is 0 Å². The van der Waals surface area contributed by atoms with E-state index in [1.807, 2.05) is 30.3 Å². The summed E-state index contributed by atoms with van der Waals surface area (Å²) in [4.78, 5) is 2.31. The van der Waals surface area contributed by atoms with Gasteiger partial charge in [-0.25, -0.2) is 0 Å². The van der Waals surface area contributed by atoms with Gasteiger partial charge in [0, 0.05) is 17.4 Å². The van der Waals surface area contributed by atoms with Gasteiger partial charge in [-0.15, -0.1) is 0 Å². The van der Waals surface area contributed by atoms with Gasteiger partial charge in [0.15, 0.2) is 11.5 Å². The number of ether oxygens (including phenoxy) is 2. The van der Waals surface area contributed by atoms with Crippen molar-refractivity contribution in [3.05, 3.63) is 210 Å². The molecule has 2 aliphatic rings. The van der Waals surface area contributed by atoms with Crippen molar-refractivity contribution in [1.82, 2.24) is 0 Å². The Morgan fingerprint density at radius 2 is 0.920 bits per heavy atom. The van der Waals surface area contributed by atoms with Crippen LogP contribution in [0.4, 0.5) is 17.1 Å². The summed E-state index contributed by atoms with van der Waals surface area (Å²) in [6.07, 6.45) is 0. The Balaban J connectivity index is 1.19. The fourth-order valence-electron chi connectivity index (χ4n) is 8.08. The molecule has 236 valence electrons. The van der Waals surface area contributed by atoms with Gasteiger partial charge >= 0.3 is 0 Å². The maximum Gasteiger partial charge on any atom is 0.172 e. The Kier molecular flexibility index (Phi) is 6.40. The first-order valence-corrected chi connectivity index (χ1v) is 17.0. The second kappa shape index (κ2) is 11.3. The van der Waals surface area contributed by atoms with Crippen molar-refractivity contribution in [3.63, 3.8) is 0 Å². The minimum absolute atomic E-state index is 0.498. The van der Waals surface area contributed by atoms with E-state index in [9.17, 15) is 0 Å². The molecule has 0 radical (unpaired) electrons. The SMILES string of the molecule is c1ccc(N(c2ccc3c(c2)Oc2cccc4cccc(c24)O3)c2ccc3c(c2)C(c2ccccc2)(c2ccccc2)c2ccccc2-3)cc1. The lowest BCUT2D eigenvalue weighted by atomic mass is 9.67. The van der Waals surface area contributed by atoms with Crippen molar-refractivity contribution in [2.45, 2.75) is 5.41 Å². The summed E-state index contributed by atoms with van der Waals surface area (Å²) in [6.45, 7) is 0. The summed E-state index contributed by atoms with van der Waals surface area (Å²) in [6, 6.07) is 66.7. The minimum Gasteiger partial charge on any atom is -0.453 e. The van der Waals surface area contributed by atoms with Crippen molar-refractivity contribution in [1.29, 1.82) is 0 Å². The maximum absolute atomic E-state index is 6.65. The van der Waals surface area contributed by atoms with Crippen LogP contribution in [0.15, 0.2) is 188 Å². The molecule has 0 fully saturated rings. The second-order valence-electron chi connectivity index (χ2n) is 12.9. The molecule has 8 aromatic rings. The Labute approximate surface area is 291 Å². The topological polar surface area (TPSA) is 21.7 Å². The standard InChI is InChI=1S/C47H31NO2/c1-4-16-33(17-5-1)47(34-18-6-2-7-19-34)40-23-11-10-22-38(40)39-28-26-36(30-41(39)47)48(35-20-8-3-9-21-35)37-27-29-42-45(31-37)50-44-25-13-15-32-14-12-24-43(49-42)46(32)44/h1-31H. The summed E-state index contributed by atoms with van der Waals surface area (Å²) in [5.41, 5.74) is 10.1. The van der Waals surface area contributed by atoms with E-state index in [1.54, 1.807) is 0 Å². The zero-order valence-electron chi connectivity index (χ0n) is 27.2. The van der Waals surface area contributed by atoms with Crippen LogP contribution < -0.4 is 14.4 Å². The van der Waals surface area contributed by atoms with Crippen molar-refractivity contribution in [3.8, 4) is 34.1 Å². The number of para-hydroxylation sites is 1. The van der Waals surface area contributed by atoms with E-state index in [0.717, 1.165) is 39.3 Å². The van der Waals surface area contributed by atoms with Gasteiger partial charge in [0.2, 0.25) is 0 Å². The van der Waals surface area contributed by atoms with Gasteiger partial charge in [0.25, 0.3) is 0 Å². The van der Waals surface area contributed by atoms with E-state index < -0.39 is 5.41 Å². The first kappa shape index (κ1) is 28.4. The number of nitrogens with zero attached hydrogens (tertiary/aromatic N) is 1. The molecule has 3 nitrogen and oxygen atoms in total. The number of hydrogen-bond acceptors (Lipinski definition) is 3. The molecule has 0 saturated heterocycles. The van der Waals surface area contributed by atoms with E-state index in [1.165, 1.54) is 33.4 Å². The van der Waals surface area contributed by atoms with Gasteiger partial charge < -0.3 is 14.4 Å². The van der Waals surface area contributed by atoms with Gasteiger partial charge in [-0.2, -0.15) is 0 Å². The van der Waals surface area contributed by atoms with Crippen LogP contribution in [0.25, 0.3) is 21.9 Å². The Morgan fingerprint density at radius 3 is 1.62 bits per heavy atom. The summed E-state index contributed by atoms with van der Waals surface area (Å²) in [7, 11) is 0. The minimum atomic E-state index is -0.498. The largest absolute Gasteiger partial charge is 0.453 e. The first-order valence-electron chi connectivity index (χ1n) is 17.0. The highest BCUT2D eigenvalue weighted by Crippen LogP contribution is 2.57.